The summed E-state index contributed by atoms with van der Waals surface area (Å²) in [6.07, 6.45) is 6.13. The Morgan fingerprint density at radius 2 is 2.25 bits per heavy atom. The van der Waals surface area contributed by atoms with Gasteiger partial charge in [0.1, 0.15) is 0 Å². The highest BCUT2D eigenvalue weighted by Gasteiger charge is 2.42. The Labute approximate surface area is 98.1 Å². The Bertz CT molecular complexity index is 304. The van der Waals surface area contributed by atoms with Gasteiger partial charge in [-0.1, -0.05) is 25.5 Å². The topological polar surface area (TPSA) is 26.3 Å². The van der Waals surface area contributed by atoms with Crippen molar-refractivity contribution < 1.29 is 9.53 Å². The van der Waals surface area contributed by atoms with Crippen LogP contribution in [0, 0.1) is 23.7 Å². The van der Waals surface area contributed by atoms with Crippen molar-refractivity contribution in [1.29, 1.82) is 0 Å². The van der Waals surface area contributed by atoms with Crippen molar-refractivity contribution in [2.24, 2.45) is 23.7 Å². The van der Waals surface area contributed by atoms with Gasteiger partial charge in [-0.05, 0) is 43.9 Å². The molecule has 2 bridgehead atoms. The molecule has 0 saturated heterocycles. The van der Waals surface area contributed by atoms with Gasteiger partial charge in [-0.15, -0.1) is 0 Å². The van der Waals surface area contributed by atoms with Crippen LogP contribution in [0.4, 0.5) is 0 Å². The summed E-state index contributed by atoms with van der Waals surface area (Å²) in [5, 5.41) is 0. The van der Waals surface area contributed by atoms with Crippen LogP contribution in [0.25, 0.3) is 0 Å². The molecule has 90 valence electrons. The standard InChI is InChI=1S/C14H22O2/c1-4-11-5-10-6-12(13(11)7-10)8-16-14(15)9(2)3/h4,9-10,12-13H,5-8H2,1-3H3/b11-4+. The van der Waals surface area contributed by atoms with Crippen LogP contribution in [0.3, 0.4) is 0 Å². The van der Waals surface area contributed by atoms with Crippen molar-refractivity contribution >= 4 is 5.97 Å². The van der Waals surface area contributed by atoms with Gasteiger partial charge in [0, 0.05) is 0 Å². The zero-order valence-electron chi connectivity index (χ0n) is 10.5. The van der Waals surface area contributed by atoms with Crippen molar-refractivity contribution in [3.05, 3.63) is 11.6 Å². The van der Waals surface area contributed by atoms with E-state index in [4.69, 9.17) is 4.74 Å². The molecular formula is C14H22O2. The fraction of sp³-hybridized carbons (Fsp3) is 0.786. The van der Waals surface area contributed by atoms with Crippen LogP contribution in [-0.4, -0.2) is 12.6 Å². The number of hydrogen-bond acceptors (Lipinski definition) is 2. The lowest BCUT2D eigenvalue weighted by Gasteiger charge is -2.24. The molecule has 0 aliphatic heterocycles. The molecule has 0 aromatic carbocycles. The minimum Gasteiger partial charge on any atom is -0.465 e. The molecular weight excluding hydrogens is 200 g/mol. The first-order valence-electron chi connectivity index (χ1n) is 6.43. The Hall–Kier alpha value is -0.790. The van der Waals surface area contributed by atoms with Gasteiger partial charge in [0.05, 0.1) is 12.5 Å². The fourth-order valence-electron chi connectivity index (χ4n) is 3.22. The molecule has 3 unspecified atom stereocenters. The molecule has 2 rings (SSSR count). The third-order valence-corrected chi connectivity index (χ3v) is 4.07. The SMILES string of the molecule is C/C=C1\CC2CC(COC(=O)C(C)C)C1C2. The van der Waals surface area contributed by atoms with Gasteiger partial charge in [-0.25, -0.2) is 0 Å². The van der Waals surface area contributed by atoms with Crippen LogP contribution in [-0.2, 0) is 9.53 Å². The smallest absolute Gasteiger partial charge is 0.308 e. The third kappa shape index (κ3) is 2.16. The van der Waals surface area contributed by atoms with Crippen molar-refractivity contribution in [2.75, 3.05) is 6.61 Å². The fourth-order valence-corrected chi connectivity index (χ4v) is 3.22. The molecule has 2 nitrogen and oxygen atoms in total. The minimum absolute atomic E-state index is 0.000205. The van der Waals surface area contributed by atoms with Crippen molar-refractivity contribution in [3.8, 4) is 0 Å². The molecule has 2 aliphatic rings. The molecule has 2 fully saturated rings. The first kappa shape index (κ1) is 11.7. The average molecular weight is 222 g/mol. The summed E-state index contributed by atoms with van der Waals surface area (Å²) in [5.41, 5.74) is 1.60. The summed E-state index contributed by atoms with van der Waals surface area (Å²) >= 11 is 0. The van der Waals surface area contributed by atoms with Gasteiger partial charge in [0.25, 0.3) is 0 Å². The molecule has 0 amide bonds. The summed E-state index contributed by atoms with van der Waals surface area (Å²) in [5.74, 6) is 2.10. The van der Waals surface area contributed by atoms with Crippen LogP contribution < -0.4 is 0 Å². The Morgan fingerprint density at radius 1 is 1.50 bits per heavy atom. The number of carbonyl (C=O) groups excluding carboxylic acids is 1. The zero-order valence-corrected chi connectivity index (χ0v) is 10.5. The van der Waals surface area contributed by atoms with Gasteiger partial charge in [-0.3, -0.25) is 4.79 Å². The monoisotopic (exact) mass is 222 g/mol. The second-order valence-corrected chi connectivity index (χ2v) is 5.56. The van der Waals surface area contributed by atoms with Gasteiger partial charge in [0.15, 0.2) is 0 Å². The van der Waals surface area contributed by atoms with E-state index < -0.39 is 0 Å². The predicted molar refractivity (Wildman–Crippen MR) is 63.9 cm³/mol. The number of carbonyl (C=O) groups is 1. The van der Waals surface area contributed by atoms with Crippen LogP contribution in [0.1, 0.15) is 40.0 Å². The second kappa shape index (κ2) is 4.60. The number of hydrogen-bond donors (Lipinski definition) is 0. The maximum atomic E-state index is 11.4. The summed E-state index contributed by atoms with van der Waals surface area (Å²) in [6.45, 7) is 6.55. The van der Waals surface area contributed by atoms with E-state index in [2.05, 4.69) is 13.0 Å². The van der Waals surface area contributed by atoms with E-state index in [1.54, 1.807) is 5.57 Å². The molecule has 2 aliphatic carbocycles. The molecule has 0 aromatic heterocycles. The highest BCUT2D eigenvalue weighted by Crippen LogP contribution is 2.51. The molecule has 2 heteroatoms. The quantitative estimate of drug-likeness (QED) is 0.541. The molecule has 16 heavy (non-hydrogen) atoms. The maximum absolute atomic E-state index is 11.4. The molecule has 0 spiro atoms. The molecule has 3 atom stereocenters. The predicted octanol–water partition coefficient (Wildman–Crippen LogP) is 3.18. The highest BCUT2D eigenvalue weighted by molar-refractivity contribution is 5.71. The Morgan fingerprint density at radius 3 is 2.81 bits per heavy atom. The van der Waals surface area contributed by atoms with E-state index in [0.717, 1.165) is 5.92 Å². The van der Waals surface area contributed by atoms with Crippen molar-refractivity contribution in [3.63, 3.8) is 0 Å². The lowest BCUT2D eigenvalue weighted by molar-refractivity contribution is -0.149. The number of rotatable bonds is 3. The molecule has 0 heterocycles. The maximum Gasteiger partial charge on any atom is 0.308 e. The van der Waals surface area contributed by atoms with E-state index in [1.165, 1.54) is 19.3 Å². The molecule has 0 N–H and O–H groups in total. The lowest BCUT2D eigenvalue weighted by atomic mass is 9.85. The van der Waals surface area contributed by atoms with Gasteiger partial charge in [0.2, 0.25) is 0 Å². The average Bonchev–Trinajstić information content (AvgIpc) is 2.84. The number of allylic oxidation sites excluding steroid dienone is 2. The summed E-state index contributed by atoms with van der Waals surface area (Å²) < 4.78 is 5.37. The van der Waals surface area contributed by atoms with Crippen LogP contribution in [0.15, 0.2) is 11.6 Å². The lowest BCUT2D eigenvalue weighted by Crippen LogP contribution is -2.22. The van der Waals surface area contributed by atoms with Crippen molar-refractivity contribution in [2.45, 2.75) is 40.0 Å². The number of esters is 1. The van der Waals surface area contributed by atoms with Crippen molar-refractivity contribution in [1.82, 2.24) is 0 Å². The Kier molecular flexibility index (Phi) is 3.36. The van der Waals surface area contributed by atoms with E-state index in [9.17, 15) is 4.79 Å². The summed E-state index contributed by atoms with van der Waals surface area (Å²) in [6, 6.07) is 0. The van der Waals surface area contributed by atoms with Gasteiger partial charge >= 0.3 is 5.97 Å². The minimum atomic E-state index is -0.0511. The van der Waals surface area contributed by atoms with Gasteiger partial charge < -0.3 is 4.74 Å². The highest BCUT2D eigenvalue weighted by atomic mass is 16.5. The van der Waals surface area contributed by atoms with E-state index in [1.807, 2.05) is 13.8 Å². The van der Waals surface area contributed by atoms with Crippen LogP contribution in [0.5, 0.6) is 0 Å². The number of ether oxygens (including phenoxy) is 1. The second-order valence-electron chi connectivity index (χ2n) is 5.56. The van der Waals surface area contributed by atoms with Crippen LogP contribution >= 0.6 is 0 Å². The van der Waals surface area contributed by atoms with E-state index in [0.29, 0.717) is 18.4 Å². The number of fused-ring (bicyclic) bond motifs is 2. The molecule has 2 saturated carbocycles. The first-order chi connectivity index (χ1) is 7.61. The third-order valence-electron chi connectivity index (χ3n) is 4.07. The van der Waals surface area contributed by atoms with Crippen LogP contribution in [0.2, 0.25) is 0 Å². The zero-order chi connectivity index (χ0) is 11.7. The normalized spacial score (nSPS) is 35.0. The first-order valence-corrected chi connectivity index (χ1v) is 6.43. The van der Waals surface area contributed by atoms with Gasteiger partial charge in [-0.2, -0.15) is 0 Å². The molecule has 0 radical (unpaired) electrons. The van der Waals surface area contributed by atoms with E-state index >= 15 is 0 Å². The molecule has 0 aromatic rings. The summed E-state index contributed by atoms with van der Waals surface area (Å²) in [4.78, 5) is 11.4. The van der Waals surface area contributed by atoms with E-state index in [-0.39, 0.29) is 11.9 Å². The summed E-state index contributed by atoms with van der Waals surface area (Å²) in [7, 11) is 0. The Balaban J connectivity index is 1.86. The largest absolute Gasteiger partial charge is 0.465 e.